The van der Waals surface area contributed by atoms with Gasteiger partial charge in [0, 0.05) is 6.54 Å². The lowest BCUT2D eigenvalue weighted by molar-refractivity contribution is -0.174. The number of fused-ring (bicyclic) bond motifs is 5. The minimum Gasteiger partial charge on any atom is -0.446 e. The van der Waals surface area contributed by atoms with Gasteiger partial charge in [-0.25, -0.2) is 4.79 Å². The molecule has 0 aromatic rings. The van der Waals surface area contributed by atoms with Crippen LogP contribution in [0.2, 0.25) is 0 Å². The zero-order valence-corrected chi connectivity index (χ0v) is 24.8. The molecule has 5 nitrogen and oxygen atoms in total. The molecule has 0 aromatic carbocycles. The van der Waals surface area contributed by atoms with Crippen molar-refractivity contribution in [1.82, 2.24) is 5.32 Å². The fraction of sp³-hybridized carbons (Fsp3) is 0.971. The van der Waals surface area contributed by atoms with Crippen molar-refractivity contribution >= 4 is 6.09 Å². The second-order valence-corrected chi connectivity index (χ2v) is 16.4. The molecule has 0 radical (unpaired) electrons. The van der Waals surface area contributed by atoms with Crippen LogP contribution in [-0.4, -0.2) is 41.2 Å². The molecular formula is C34H55NO4. The summed E-state index contributed by atoms with van der Waals surface area (Å²) in [6, 6.07) is 0. The zero-order valence-electron chi connectivity index (χ0n) is 24.8. The molecule has 4 bridgehead atoms. The molecule has 0 aromatic heterocycles. The Morgan fingerprint density at radius 1 is 0.872 bits per heavy atom. The molecule has 5 heteroatoms. The van der Waals surface area contributed by atoms with Crippen LogP contribution < -0.4 is 5.32 Å². The van der Waals surface area contributed by atoms with E-state index >= 15 is 0 Å². The maximum absolute atomic E-state index is 12.8. The number of aliphatic hydroxyl groups excluding tert-OH is 2. The standard InChI is InChI=1S/C34H55NO4/c1-19(8-11-35-32(38)39-31-22-13-20-12-21(15-22)16-23(31)14-20)26-4-5-27-30-28(7-10-34(26,27)3)33(2)9-6-25(36)17-24(33)18-29(30)37/h19-31,36-37H,4-18H2,1-3H3,(H,35,38)/t19-,20?,21?,22?,23?,24?,25-,26?,27+,28+,29-,30+,31?,33+,34-/m1/s1. The van der Waals surface area contributed by atoms with E-state index in [0.717, 1.165) is 43.9 Å². The van der Waals surface area contributed by atoms with Gasteiger partial charge >= 0.3 is 6.09 Å². The first-order valence-electron chi connectivity index (χ1n) is 17.0. The molecule has 8 aliphatic rings. The molecule has 0 heterocycles. The first-order valence-corrected chi connectivity index (χ1v) is 17.0. The summed E-state index contributed by atoms with van der Waals surface area (Å²) >= 11 is 0. The van der Waals surface area contributed by atoms with E-state index in [1.807, 2.05) is 0 Å². The number of carbonyl (C=O) groups excluding carboxylic acids is 1. The third kappa shape index (κ3) is 4.41. The Balaban J connectivity index is 0.943. The molecule has 10 atom stereocenters. The highest BCUT2D eigenvalue weighted by molar-refractivity contribution is 5.67. The van der Waals surface area contributed by atoms with E-state index < -0.39 is 0 Å². The van der Waals surface area contributed by atoms with Crippen molar-refractivity contribution in [2.45, 2.75) is 129 Å². The minimum atomic E-state index is -0.210. The van der Waals surface area contributed by atoms with Gasteiger partial charge in [0.1, 0.15) is 6.10 Å². The molecule has 3 N–H and O–H groups in total. The van der Waals surface area contributed by atoms with E-state index in [9.17, 15) is 15.0 Å². The largest absolute Gasteiger partial charge is 0.446 e. The molecular weight excluding hydrogens is 486 g/mol. The van der Waals surface area contributed by atoms with Gasteiger partial charge in [-0.15, -0.1) is 0 Å². The van der Waals surface area contributed by atoms with Crippen molar-refractivity contribution in [1.29, 1.82) is 0 Å². The summed E-state index contributed by atoms with van der Waals surface area (Å²) in [5.41, 5.74) is 0.579. The quantitative estimate of drug-likeness (QED) is 0.369. The summed E-state index contributed by atoms with van der Waals surface area (Å²) in [6.07, 6.45) is 16.0. The van der Waals surface area contributed by atoms with Gasteiger partial charge in [0.15, 0.2) is 0 Å². The first-order chi connectivity index (χ1) is 18.7. The molecule has 0 spiro atoms. The molecule has 39 heavy (non-hydrogen) atoms. The van der Waals surface area contributed by atoms with E-state index in [0.29, 0.717) is 59.3 Å². The monoisotopic (exact) mass is 541 g/mol. The lowest BCUT2D eigenvalue weighted by Crippen LogP contribution is -2.58. The molecule has 1 amide bonds. The molecule has 0 aliphatic heterocycles. The van der Waals surface area contributed by atoms with E-state index in [-0.39, 0.29) is 29.8 Å². The van der Waals surface area contributed by atoms with Crippen LogP contribution in [0.5, 0.6) is 0 Å². The Labute approximate surface area is 236 Å². The maximum atomic E-state index is 12.8. The number of rotatable bonds is 5. The lowest BCUT2D eigenvalue weighted by Gasteiger charge is -2.62. The summed E-state index contributed by atoms with van der Waals surface area (Å²) in [7, 11) is 0. The maximum Gasteiger partial charge on any atom is 0.407 e. The summed E-state index contributed by atoms with van der Waals surface area (Å²) in [5.74, 6) is 6.36. The van der Waals surface area contributed by atoms with E-state index in [1.54, 1.807) is 0 Å². The smallest absolute Gasteiger partial charge is 0.407 e. The number of amides is 1. The van der Waals surface area contributed by atoms with E-state index in [1.165, 1.54) is 57.8 Å². The topological polar surface area (TPSA) is 78.8 Å². The van der Waals surface area contributed by atoms with Crippen LogP contribution in [0, 0.1) is 70.0 Å². The van der Waals surface area contributed by atoms with Gasteiger partial charge in [0.25, 0.3) is 0 Å². The number of nitrogens with one attached hydrogen (secondary N) is 1. The van der Waals surface area contributed by atoms with Gasteiger partial charge < -0.3 is 20.3 Å². The van der Waals surface area contributed by atoms with Crippen LogP contribution in [-0.2, 0) is 4.74 Å². The average molecular weight is 542 g/mol. The number of alkyl carbamates (subject to hydrolysis) is 1. The molecule has 0 saturated heterocycles. The second kappa shape index (κ2) is 9.89. The van der Waals surface area contributed by atoms with Gasteiger partial charge in [0.05, 0.1) is 12.2 Å². The number of hydrogen-bond acceptors (Lipinski definition) is 4. The Morgan fingerprint density at radius 3 is 2.26 bits per heavy atom. The minimum absolute atomic E-state index is 0.163. The molecule has 8 aliphatic carbocycles. The number of aliphatic hydroxyl groups is 2. The summed E-state index contributed by atoms with van der Waals surface area (Å²) in [4.78, 5) is 12.8. The third-order valence-corrected chi connectivity index (χ3v) is 14.7. The van der Waals surface area contributed by atoms with Crippen molar-refractivity contribution < 1.29 is 19.7 Å². The Hall–Kier alpha value is -0.810. The lowest BCUT2D eigenvalue weighted by atomic mass is 9.43. The van der Waals surface area contributed by atoms with Crippen LogP contribution in [0.15, 0.2) is 0 Å². The van der Waals surface area contributed by atoms with E-state index in [2.05, 4.69) is 26.1 Å². The van der Waals surface area contributed by atoms with Gasteiger partial charge in [-0.1, -0.05) is 20.8 Å². The first kappa shape index (κ1) is 27.0. The summed E-state index contributed by atoms with van der Waals surface area (Å²) in [6.45, 7) is 8.16. The highest BCUT2D eigenvalue weighted by Gasteiger charge is 2.62. The highest BCUT2D eigenvalue weighted by atomic mass is 16.6. The van der Waals surface area contributed by atoms with Crippen LogP contribution in [0.25, 0.3) is 0 Å². The number of carbonyl (C=O) groups is 1. The zero-order chi connectivity index (χ0) is 27.1. The van der Waals surface area contributed by atoms with Crippen molar-refractivity contribution in [3.8, 4) is 0 Å². The SMILES string of the molecule is C[C@H](CCNC(=O)OC1C2CC3CC(C2)CC1C3)C1CC[C@H]2[C@@H]3[C@H](O)CC4C[C@H](O)CC[C@]4(C)[C@H]3CC[C@]12C. The fourth-order valence-electron chi connectivity index (χ4n) is 13.0. The second-order valence-electron chi connectivity index (χ2n) is 16.4. The molecule has 220 valence electrons. The third-order valence-electron chi connectivity index (χ3n) is 14.7. The van der Waals surface area contributed by atoms with E-state index in [4.69, 9.17) is 4.74 Å². The van der Waals surface area contributed by atoms with Crippen LogP contribution in [0.1, 0.15) is 111 Å². The predicted octanol–water partition coefficient (Wildman–Crippen LogP) is 6.55. The molecule has 2 unspecified atom stereocenters. The van der Waals surface area contributed by atoms with Gasteiger partial charge in [0.2, 0.25) is 0 Å². The normalized spacial score (nSPS) is 54.4. The van der Waals surface area contributed by atoms with Crippen molar-refractivity contribution in [3.63, 3.8) is 0 Å². The van der Waals surface area contributed by atoms with Gasteiger partial charge in [-0.05, 0) is 160 Å². The highest BCUT2D eigenvalue weighted by Crippen LogP contribution is 2.68. The van der Waals surface area contributed by atoms with Gasteiger partial charge in [-0.2, -0.15) is 0 Å². The van der Waals surface area contributed by atoms with Gasteiger partial charge in [-0.3, -0.25) is 0 Å². The summed E-state index contributed by atoms with van der Waals surface area (Å²) < 4.78 is 6.08. The Morgan fingerprint density at radius 2 is 1.54 bits per heavy atom. The van der Waals surface area contributed by atoms with Crippen molar-refractivity contribution in [2.75, 3.05) is 6.54 Å². The fourth-order valence-corrected chi connectivity index (χ4v) is 13.0. The Kier molecular flexibility index (Phi) is 6.86. The summed E-state index contributed by atoms with van der Waals surface area (Å²) in [5, 5.41) is 25.0. The van der Waals surface area contributed by atoms with Crippen molar-refractivity contribution in [3.05, 3.63) is 0 Å². The van der Waals surface area contributed by atoms with Crippen LogP contribution >= 0.6 is 0 Å². The molecule has 8 saturated carbocycles. The Bertz CT molecular complexity index is 910. The predicted molar refractivity (Wildman–Crippen MR) is 152 cm³/mol. The van der Waals surface area contributed by atoms with Crippen LogP contribution in [0.3, 0.4) is 0 Å². The number of hydrogen-bond donors (Lipinski definition) is 3. The van der Waals surface area contributed by atoms with Crippen molar-refractivity contribution in [2.24, 2.45) is 70.0 Å². The molecule has 8 fully saturated rings. The number of ether oxygens (including phenoxy) is 1. The molecule has 8 rings (SSSR count). The average Bonchev–Trinajstić information content (AvgIpc) is 3.24. The van der Waals surface area contributed by atoms with Crippen LogP contribution in [0.4, 0.5) is 4.79 Å².